The highest BCUT2D eigenvalue weighted by Crippen LogP contribution is 2.40. The second kappa shape index (κ2) is 10.9. The molecule has 0 spiro atoms. The summed E-state index contributed by atoms with van der Waals surface area (Å²) in [4.78, 5) is 12.9. The third-order valence-corrected chi connectivity index (χ3v) is 5.39. The number of carbonyl (C=O) groups is 1. The molecule has 0 radical (unpaired) electrons. The molecule has 39 heavy (non-hydrogen) atoms. The molecule has 0 bridgehead atoms. The van der Waals surface area contributed by atoms with Crippen LogP contribution in [0.15, 0.2) is 36.4 Å². The number of halogens is 12. The monoisotopic (exact) mass is 579 g/mol. The molecule has 3 N–H and O–H groups in total. The molecule has 2 aromatic carbocycles. The Morgan fingerprint density at radius 2 is 0.974 bits per heavy atom. The summed E-state index contributed by atoms with van der Waals surface area (Å²) < 4.78 is 160. The first-order valence-electron chi connectivity index (χ1n) is 10.6. The molecule has 16 heteroatoms. The summed E-state index contributed by atoms with van der Waals surface area (Å²) in [6.07, 6.45) is -23.7. The van der Waals surface area contributed by atoms with Crippen molar-refractivity contribution < 1.29 is 57.5 Å². The van der Waals surface area contributed by atoms with Crippen molar-refractivity contribution in [1.29, 1.82) is 5.26 Å². The zero-order valence-electron chi connectivity index (χ0n) is 19.3. The third-order valence-electron chi connectivity index (χ3n) is 5.39. The summed E-state index contributed by atoms with van der Waals surface area (Å²) in [5, 5.41) is 11.9. The van der Waals surface area contributed by atoms with E-state index in [1.807, 2.05) is 0 Å². The predicted octanol–water partition coefficient (Wildman–Crippen LogP) is 6.13. The molecule has 2 rings (SSSR count). The van der Waals surface area contributed by atoms with Gasteiger partial charge in [0.25, 0.3) is 0 Å². The third kappa shape index (κ3) is 8.01. The Bertz CT molecular complexity index is 1100. The highest BCUT2D eigenvalue weighted by Gasteiger charge is 2.43. The van der Waals surface area contributed by atoms with Crippen molar-refractivity contribution in [3.63, 3.8) is 0 Å². The van der Waals surface area contributed by atoms with Gasteiger partial charge in [-0.3, -0.25) is 4.79 Å². The van der Waals surface area contributed by atoms with Crippen molar-refractivity contribution in [2.75, 3.05) is 13.1 Å². The van der Waals surface area contributed by atoms with Gasteiger partial charge in [0.1, 0.15) is 5.41 Å². The first-order valence-corrected chi connectivity index (χ1v) is 10.6. The summed E-state index contributed by atoms with van der Waals surface area (Å²) in [7, 11) is 0. The fourth-order valence-corrected chi connectivity index (χ4v) is 3.65. The molecule has 4 nitrogen and oxygen atoms in total. The fraction of sp³-hybridized carbons (Fsp3) is 0.391. The predicted molar refractivity (Wildman–Crippen MR) is 110 cm³/mol. The highest BCUT2D eigenvalue weighted by molar-refractivity contribution is 5.86. The topological polar surface area (TPSA) is 78.9 Å². The van der Waals surface area contributed by atoms with E-state index in [4.69, 9.17) is 5.73 Å². The number of nitriles is 1. The van der Waals surface area contributed by atoms with Crippen molar-refractivity contribution in [3.05, 3.63) is 69.8 Å². The molecule has 214 valence electrons. The van der Waals surface area contributed by atoms with Gasteiger partial charge in [-0.2, -0.15) is 57.9 Å². The van der Waals surface area contributed by atoms with Crippen LogP contribution in [0.2, 0.25) is 0 Å². The van der Waals surface area contributed by atoms with E-state index in [1.165, 1.54) is 6.07 Å². The van der Waals surface area contributed by atoms with Crippen LogP contribution in [0.5, 0.6) is 0 Å². The number of hydrogen-bond acceptors (Lipinski definition) is 3. The first-order chi connectivity index (χ1) is 17.6. The lowest BCUT2D eigenvalue weighted by molar-refractivity contribution is -0.144. The second-order valence-corrected chi connectivity index (χ2v) is 8.42. The number of alkyl halides is 12. The van der Waals surface area contributed by atoms with E-state index in [1.54, 1.807) is 0 Å². The number of nitrogens with one attached hydrogen (secondary N) is 1. The van der Waals surface area contributed by atoms with Crippen LogP contribution < -0.4 is 11.1 Å². The molecular weight excluding hydrogens is 562 g/mol. The van der Waals surface area contributed by atoms with E-state index in [2.05, 4.69) is 5.32 Å². The van der Waals surface area contributed by atoms with Crippen LogP contribution in [-0.2, 0) is 42.3 Å². The molecule has 0 atom stereocenters. The molecule has 0 saturated heterocycles. The number of benzene rings is 2. The van der Waals surface area contributed by atoms with Gasteiger partial charge < -0.3 is 11.1 Å². The number of amides is 1. The largest absolute Gasteiger partial charge is 0.416 e. The molecule has 0 aromatic heterocycles. The fourth-order valence-electron chi connectivity index (χ4n) is 3.65. The van der Waals surface area contributed by atoms with Crippen LogP contribution >= 0.6 is 0 Å². The molecular formula is C23H17F12N3O. The number of hydrogen-bond donors (Lipinski definition) is 2. The van der Waals surface area contributed by atoms with E-state index < -0.39 is 82.2 Å². The summed E-state index contributed by atoms with van der Waals surface area (Å²) in [6.45, 7) is -0.647. The Hall–Kier alpha value is -3.48. The zero-order chi connectivity index (χ0) is 30.0. The molecule has 0 aliphatic heterocycles. The van der Waals surface area contributed by atoms with Gasteiger partial charge in [-0.1, -0.05) is 0 Å². The van der Waals surface area contributed by atoms with Gasteiger partial charge in [-0.15, -0.1) is 0 Å². The maximum Gasteiger partial charge on any atom is 0.416 e. The van der Waals surface area contributed by atoms with Crippen LogP contribution in [0.4, 0.5) is 52.7 Å². The van der Waals surface area contributed by atoms with Crippen LogP contribution in [0, 0.1) is 16.7 Å². The average Bonchev–Trinajstić information content (AvgIpc) is 2.79. The standard InChI is InChI=1S/C23H17F12N3O/c24-20(25,26)14-3-12(4-15(7-14)21(27,28)29)9-19(11-37,18(39)38-2-1-36)10-13-5-16(22(30,31)32)8-17(6-13)23(33,34)35/h3-8H,1-2,9-10,36H2,(H,38,39). The lowest BCUT2D eigenvalue weighted by Crippen LogP contribution is -2.45. The SMILES string of the molecule is N#CC(Cc1cc(C(F)(F)F)cc(C(F)(F)F)c1)(Cc1cc(C(F)(F)F)cc(C(F)(F)F)c1)C(=O)NCCN. The van der Waals surface area contributed by atoms with E-state index in [0.29, 0.717) is 0 Å². The van der Waals surface area contributed by atoms with Gasteiger partial charge >= 0.3 is 24.7 Å². The minimum absolute atomic E-state index is 0.199. The minimum Gasteiger partial charge on any atom is -0.353 e. The van der Waals surface area contributed by atoms with E-state index >= 15 is 0 Å². The Balaban J connectivity index is 2.76. The van der Waals surface area contributed by atoms with Gasteiger partial charge in [0.05, 0.1) is 28.3 Å². The van der Waals surface area contributed by atoms with Crippen molar-refractivity contribution in [1.82, 2.24) is 5.32 Å². The minimum atomic E-state index is -5.31. The quantitative estimate of drug-likeness (QED) is 0.388. The molecule has 0 fully saturated rings. The van der Waals surface area contributed by atoms with Crippen LogP contribution in [0.1, 0.15) is 33.4 Å². The first kappa shape index (κ1) is 31.7. The van der Waals surface area contributed by atoms with Crippen LogP contribution in [-0.4, -0.2) is 19.0 Å². The van der Waals surface area contributed by atoms with Crippen LogP contribution in [0.25, 0.3) is 0 Å². The second-order valence-electron chi connectivity index (χ2n) is 8.42. The molecule has 0 unspecified atom stereocenters. The van der Waals surface area contributed by atoms with Crippen LogP contribution in [0.3, 0.4) is 0 Å². The smallest absolute Gasteiger partial charge is 0.353 e. The van der Waals surface area contributed by atoms with Crippen molar-refractivity contribution in [3.8, 4) is 6.07 Å². The van der Waals surface area contributed by atoms with Gasteiger partial charge in [-0.25, -0.2) is 0 Å². The van der Waals surface area contributed by atoms with Gasteiger partial charge in [0, 0.05) is 25.9 Å². The maximum absolute atomic E-state index is 13.3. The molecule has 0 saturated carbocycles. The molecule has 0 heterocycles. The Kier molecular flexibility index (Phi) is 8.91. The van der Waals surface area contributed by atoms with E-state index in [9.17, 15) is 62.7 Å². The molecule has 0 aliphatic carbocycles. The van der Waals surface area contributed by atoms with Gasteiger partial charge in [0.2, 0.25) is 5.91 Å². The van der Waals surface area contributed by atoms with E-state index in [0.717, 1.165) is 0 Å². The van der Waals surface area contributed by atoms with Crippen molar-refractivity contribution >= 4 is 5.91 Å². The van der Waals surface area contributed by atoms with Gasteiger partial charge in [0.15, 0.2) is 0 Å². The molecule has 0 aliphatic rings. The highest BCUT2D eigenvalue weighted by atomic mass is 19.4. The van der Waals surface area contributed by atoms with E-state index in [-0.39, 0.29) is 49.5 Å². The summed E-state index contributed by atoms with van der Waals surface area (Å²) in [6, 6.07) is 1.72. The van der Waals surface area contributed by atoms with Gasteiger partial charge in [-0.05, 0) is 47.5 Å². The Morgan fingerprint density at radius 1 is 0.667 bits per heavy atom. The zero-order valence-corrected chi connectivity index (χ0v) is 19.3. The number of nitrogens with two attached hydrogens (primary N) is 1. The Labute approximate surface area is 212 Å². The molecule has 2 aromatic rings. The summed E-state index contributed by atoms with van der Waals surface area (Å²) in [5.74, 6) is -1.38. The number of carbonyl (C=O) groups excluding carboxylic acids is 1. The lowest BCUT2D eigenvalue weighted by atomic mass is 9.76. The average molecular weight is 579 g/mol. The normalized spacial score (nSPS) is 13.2. The molecule has 1 amide bonds. The van der Waals surface area contributed by atoms with Crippen molar-refractivity contribution in [2.45, 2.75) is 37.5 Å². The van der Waals surface area contributed by atoms with Crippen molar-refractivity contribution in [2.24, 2.45) is 11.1 Å². The number of nitrogens with zero attached hydrogens (tertiary/aromatic N) is 1. The summed E-state index contributed by atoms with van der Waals surface area (Å²) in [5.41, 5.74) is -6.46. The summed E-state index contributed by atoms with van der Waals surface area (Å²) >= 11 is 0. The lowest BCUT2D eigenvalue weighted by Gasteiger charge is -2.27. The Morgan fingerprint density at radius 3 is 1.21 bits per heavy atom. The maximum atomic E-state index is 13.3. The number of rotatable bonds is 7.